The van der Waals surface area contributed by atoms with E-state index in [9.17, 15) is 13.2 Å². The molecule has 28 heavy (non-hydrogen) atoms. The van der Waals surface area contributed by atoms with E-state index in [1.807, 2.05) is 19.1 Å². The zero-order valence-electron chi connectivity index (χ0n) is 14.9. The summed E-state index contributed by atoms with van der Waals surface area (Å²) in [6.07, 6.45) is -3.64. The Balaban J connectivity index is 1.56. The number of rotatable bonds is 4. The molecule has 0 spiro atoms. The Labute approximate surface area is 160 Å². The van der Waals surface area contributed by atoms with E-state index in [-0.39, 0.29) is 17.3 Å². The van der Waals surface area contributed by atoms with Gasteiger partial charge in [0.2, 0.25) is 0 Å². The quantitative estimate of drug-likeness (QED) is 0.581. The van der Waals surface area contributed by atoms with Crippen molar-refractivity contribution >= 4 is 11.4 Å². The summed E-state index contributed by atoms with van der Waals surface area (Å²) in [4.78, 5) is 0. The van der Waals surface area contributed by atoms with Gasteiger partial charge in [-0.3, -0.25) is 0 Å². The molecule has 3 nitrogen and oxygen atoms in total. The lowest BCUT2D eigenvalue weighted by atomic mass is 9.99. The lowest BCUT2D eigenvalue weighted by Gasteiger charge is -2.12. The number of alkyl halides is 2. The van der Waals surface area contributed by atoms with Crippen molar-refractivity contribution in [1.29, 1.82) is 0 Å². The molecular weight excluding hydrogens is 367 g/mol. The fourth-order valence-electron chi connectivity index (χ4n) is 3.09. The second kappa shape index (κ2) is 6.64. The van der Waals surface area contributed by atoms with Crippen molar-refractivity contribution in [3.8, 4) is 22.6 Å². The molecule has 1 N–H and O–H groups in total. The molecule has 3 aromatic rings. The number of fused-ring (bicyclic) bond motifs is 1. The minimum atomic E-state index is -3.64. The van der Waals surface area contributed by atoms with E-state index < -0.39 is 6.29 Å². The summed E-state index contributed by atoms with van der Waals surface area (Å²) >= 11 is 0. The van der Waals surface area contributed by atoms with Gasteiger partial charge in [0.05, 0.1) is 0 Å². The molecule has 1 aliphatic heterocycles. The summed E-state index contributed by atoms with van der Waals surface area (Å²) in [5.74, 6) is -0.337. The maximum absolute atomic E-state index is 13.9. The third-order valence-electron chi connectivity index (χ3n) is 4.44. The highest BCUT2D eigenvalue weighted by Gasteiger charge is 2.43. The Morgan fingerprint density at radius 2 is 1.61 bits per heavy atom. The van der Waals surface area contributed by atoms with Gasteiger partial charge >= 0.3 is 6.29 Å². The fraction of sp³-hybridized carbons (Fsp3) is 0.0909. The third kappa shape index (κ3) is 3.41. The van der Waals surface area contributed by atoms with Crippen molar-refractivity contribution in [3.05, 3.63) is 84.2 Å². The minimum absolute atomic E-state index is 0.000678. The smallest absolute Gasteiger partial charge is 0.395 e. The second-order valence-electron chi connectivity index (χ2n) is 6.44. The van der Waals surface area contributed by atoms with Crippen LogP contribution >= 0.6 is 0 Å². The molecule has 0 saturated carbocycles. The topological polar surface area (TPSA) is 30.5 Å². The van der Waals surface area contributed by atoms with E-state index in [2.05, 4.69) is 21.4 Å². The van der Waals surface area contributed by atoms with Gasteiger partial charge in [0.25, 0.3) is 0 Å². The van der Waals surface area contributed by atoms with E-state index in [1.165, 1.54) is 18.2 Å². The summed E-state index contributed by atoms with van der Waals surface area (Å²) in [5, 5.41) is 3.07. The van der Waals surface area contributed by atoms with Gasteiger partial charge in [0, 0.05) is 16.9 Å². The van der Waals surface area contributed by atoms with Gasteiger partial charge in [0.1, 0.15) is 5.82 Å². The number of anilines is 1. The Kier molecular flexibility index (Phi) is 4.26. The van der Waals surface area contributed by atoms with E-state index in [1.54, 1.807) is 30.3 Å². The van der Waals surface area contributed by atoms with Crippen LogP contribution in [0.1, 0.15) is 11.1 Å². The monoisotopic (exact) mass is 383 g/mol. The number of nitrogens with one attached hydrogen (secondary N) is 1. The average molecular weight is 383 g/mol. The zero-order chi connectivity index (χ0) is 19.9. The summed E-state index contributed by atoms with van der Waals surface area (Å²) in [5.41, 5.74) is 3.89. The molecule has 1 aliphatic rings. The molecule has 0 saturated heterocycles. The van der Waals surface area contributed by atoms with Crippen LogP contribution in [-0.4, -0.2) is 6.29 Å². The highest BCUT2D eigenvalue weighted by molar-refractivity contribution is 5.78. The number of ether oxygens (including phenoxy) is 2. The molecule has 0 bridgehead atoms. The Morgan fingerprint density at radius 1 is 0.964 bits per heavy atom. The van der Waals surface area contributed by atoms with Gasteiger partial charge in [-0.05, 0) is 60.0 Å². The summed E-state index contributed by atoms with van der Waals surface area (Å²) in [6, 6.07) is 16.7. The van der Waals surface area contributed by atoms with E-state index in [0.717, 1.165) is 22.4 Å². The molecule has 0 aromatic heterocycles. The van der Waals surface area contributed by atoms with Gasteiger partial charge in [0.15, 0.2) is 11.5 Å². The van der Waals surface area contributed by atoms with Crippen LogP contribution < -0.4 is 14.8 Å². The standard InChI is InChI=1S/C22H16F3NO2/c1-13-11-20-21(28-22(24,25)27-20)12-18(13)15-7-9-16(10-8-15)26-14(2)17-5-3-4-6-19(17)23/h3-12,26H,2H2,1H3. The first-order chi connectivity index (χ1) is 13.3. The molecule has 0 atom stereocenters. The zero-order valence-corrected chi connectivity index (χ0v) is 14.9. The Bertz CT molecular complexity index is 1060. The maximum Gasteiger partial charge on any atom is 0.586 e. The van der Waals surface area contributed by atoms with Crippen LogP contribution in [0.25, 0.3) is 16.8 Å². The number of hydrogen-bond acceptors (Lipinski definition) is 3. The molecule has 0 amide bonds. The van der Waals surface area contributed by atoms with E-state index in [4.69, 9.17) is 0 Å². The van der Waals surface area contributed by atoms with Crippen molar-refractivity contribution in [2.75, 3.05) is 5.32 Å². The first-order valence-electron chi connectivity index (χ1n) is 8.54. The van der Waals surface area contributed by atoms with Crippen LogP contribution in [0.15, 0.2) is 67.2 Å². The number of halogens is 3. The maximum atomic E-state index is 13.9. The fourth-order valence-corrected chi connectivity index (χ4v) is 3.09. The first-order valence-corrected chi connectivity index (χ1v) is 8.54. The lowest BCUT2D eigenvalue weighted by Crippen LogP contribution is -2.25. The molecule has 0 fully saturated rings. The highest BCUT2D eigenvalue weighted by atomic mass is 19.3. The number of benzene rings is 3. The molecule has 1 heterocycles. The van der Waals surface area contributed by atoms with Gasteiger partial charge in [-0.2, -0.15) is 0 Å². The molecule has 3 aromatic carbocycles. The third-order valence-corrected chi connectivity index (χ3v) is 4.44. The Morgan fingerprint density at radius 3 is 2.29 bits per heavy atom. The van der Waals surface area contributed by atoms with Crippen molar-refractivity contribution in [2.24, 2.45) is 0 Å². The molecular formula is C22H16F3NO2. The highest BCUT2D eigenvalue weighted by Crippen LogP contribution is 2.44. The normalized spacial score (nSPS) is 14.0. The van der Waals surface area contributed by atoms with E-state index in [0.29, 0.717) is 11.3 Å². The van der Waals surface area contributed by atoms with Crippen LogP contribution in [0, 0.1) is 12.7 Å². The van der Waals surface area contributed by atoms with Crippen LogP contribution in [0.3, 0.4) is 0 Å². The van der Waals surface area contributed by atoms with Gasteiger partial charge < -0.3 is 14.8 Å². The average Bonchev–Trinajstić information content (AvgIpc) is 2.95. The van der Waals surface area contributed by atoms with Crippen molar-refractivity contribution in [1.82, 2.24) is 0 Å². The van der Waals surface area contributed by atoms with Gasteiger partial charge in [-0.1, -0.05) is 30.8 Å². The molecule has 4 rings (SSSR count). The van der Waals surface area contributed by atoms with Gasteiger partial charge in [-0.25, -0.2) is 4.39 Å². The molecule has 0 unspecified atom stereocenters. The summed E-state index contributed by atoms with van der Waals surface area (Å²) in [7, 11) is 0. The molecule has 0 radical (unpaired) electrons. The van der Waals surface area contributed by atoms with Crippen molar-refractivity contribution in [3.63, 3.8) is 0 Å². The van der Waals surface area contributed by atoms with Crippen LogP contribution in [0.5, 0.6) is 11.5 Å². The van der Waals surface area contributed by atoms with E-state index >= 15 is 0 Å². The second-order valence-corrected chi connectivity index (χ2v) is 6.44. The lowest BCUT2D eigenvalue weighted by molar-refractivity contribution is -0.286. The van der Waals surface area contributed by atoms with Crippen molar-refractivity contribution in [2.45, 2.75) is 13.2 Å². The predicted octanol–water partition coefficient (Wildman–Crippen LogP) is 6.21. The Hall–Kier alpha value is -3.41. The largest absolute Gasteiger partial charge is 0.586 e. The number of aryl methyl sites for hydroxylation is 1. The van der Waals surface area contributed by atoms with Crippen molar-refractivity contribution < 1.29 is 22.6 Å². The van der Waals surface area contributed by atoms with Crippen LogP contribution in [-0.2, 0) is 0 Å². The molecule has 0 aliphatic carbocycles. The van der Waals surface area contributed by atoms with Crippen LogP contribution in [0.2, 0.25) is 0 Å². The van der Waals surface area contributed by atoms with Gasteiger partial charge in [-0.15, -0.1) is 8.78 Å². The first kappa shape index (κ1) is 18.0. The summed E-state index contributed by atoms with van der Waals surface area (Å²) in [6.45, 7) is 5.68. The molecule has 6 heteroatoms. The van der Waals surface area contributed by atoms with Crippen LogP contribution in [0.4, 0.5) is 18.9 Å². The molecule has 142 valence electrons. The SMILES string of the molecule is C=C(Nc1ccc(-c2cc3c(cc2C)OC(F)(F)O3)cc1)c1ccccc1F. The number of hydrogen-bond donors (Lipinski definition) is 1. The minimum Gasteiger partial charge on any atom is -0.395 e. The predicted molar refractivity (Wildman–Crippen MR) is 102 cm³/mol. The summed E-state index contributed by atoms with van der Waals surface area (Å²) < 4.78 is 49.4.